The maximum atomic E-state index is 11.9. The van der Waals surface area contributed by atoms with E-state index in [-0.39, 0.29) is 12.2 Å². The normalized spacial score (nSPS) is 21.1. The summed E-state index contributed by atoms with van der Waals surface area (Å²) in [4.78, 5) is 16.3. The topological polar surface area (TPSA) is 118 Å². The van der Waals surface area contributed by atoms with E-state index in [1.807, 2.05) is 12.1 Å². The molecule has 5 rings (SSSR count). The van der Waals surface area contributed by atoms with Gasteiger partial charge < -0.3 is 20.1 Å². The third-order valence-electron chi connectivity index (χ3n) is 5.57. The smallest absolute Gasteiger partial charge is 0.407 e. The number of fused-ring (bicyclic) bond motifs is 1. The lowest BCUT2D eigenvalue weighted by molar-refractivity contribution is 0.0997. The van der Waals surface area contributed by atoms with Gasteiger partial charge in [-0.25, -0.2) is 14.3 Å². The van der Waals surface area contributed by atoms with Gasteiger partial charge in [-0.15, -0.1) is 0 Å². The van der Waals surface area contributed by atoms with Gasteiger partial charge in [0.25, 0.3) is 0 Å². The zero-order chi connectivity index (χ0) is 20.5. The summed E-state index contributed by atoms with van der Waals surface area (Å²) in [5.74, 6) is 1.66. The zero-order valence-electron chi connectivity index (χ0n) is 16.8. The highest BCUT2D eigenvalue weighted by Gasteiger charge is 2.31. The SMILES string of the molecule is COCc1cc2c(Nc3cc([C@H]4CCC(OC(=O)NC5CC5)C4)[nH]n3)nccn2n1. The summed E-state index contributed by atoms with van der Waals surface area (Å²) in [6.07, 6.45) is 7.90. The first kappa shape index (κ1) is 18.9. The third kappa shape index (κ3) is 4.09. The number of ether oxygens (including phenoxy) is 2. The average molecular weight is 411 g/mol. The first-order valence-electron chi connectivity index (χ1n) is 10.3. The molecule has 0 aromatic carbocycles. The number of carbonyl (C=O) groups excluding carboxylic acids is 1. The van der Waals surface area contributed by atoms with Gasteiger partial charge in [0.1, 0.15) is 11.6 Å². The third-order valence-corrected chi connectivity index (χ3v) is 5.57. The van der Waals surface area contributed by atoms with Crippen molar-refractivity contribution < 1.29 is 14.3 Å². The van der Waals surface area contributed by atoms with E-state index < -0.39 is 0 Å². The molecule has 0 aliphatic heterocycles. The van der Waals surface area contributed by atoms with Crippen LogP contribution < -0.4 is 10.6 Å². The summed E-state index contributed by atoms with van der Waals surface area (Å²) in [7, 11) is 1.64. The lowest BCUT2D eigenvalue weighted by Crippen LogP contribution is -2.29. The van der Waals surface area contributed by atoms with Gasteiger partial charge in [-0.2, -0.15) is 10.2 Å². The van der Waals surface area contributed by atoms with Gasteiger partial charge in [-0.1, -0.05) is 0 Å². The van der Waals surface area contributed by atoms with Gasteiger partial charge in [0.2, 0.25) is 0 Å². The molecule has 3 aromatic rings. The van der Waals surface area contributed by atoms with E-state index in [0.717, 1.165) is 49.0 Å². The van der Waals surface area contributed by atoms with Crippen LogP contribution >= 0.6 is 0 Å². The zero-order valence-corrected chi connectivity index (χ0v) is 16.8. The van der Waals surface area contributed by atoms with E-state index in [4.69, 9.17) is 9.47 Å². The molecule has 2 saturated carbocycles. The van der Waals surface area contributed by atoms with E-state index in [0.29, 0.717) is 30.2 Å². The molecule has 3 N–H and O–H groups in total. The average Bonchev–Trinajstić information content (AvgIpc) is 3.11. The Morgan fingerprint density at radius 2 is 2.20 bits per heavy atom. The number of alkyl carbamates (subject to hydrolysis) is 1. The standard InChI is InChI=1S/C20H25N7O3/c1-29-11-14-9-17-19(21-6-7-27(17)26-14)23-18-10-16(24-25-18)12-2-5-15(8-12)30-20(28)22-13-3-4-13/h6-7,9-10,12-13,15H,2-5,8,11H2,1H3,(H,22,28)(H2,21,23,24,25)/t12-,15?/m0/s1. The van der Waals surface area contributed by atoms with Crippen LogP contribution in [-0.4, -0.2) is 50.1 Å². The largest absolute Gasteiger partial charge is 0.446 e. The quantitative estimate of drug-likeness (QED) is 0.547. The Balaban J connectivity index is 1.23. The molecular formula is C20H25N7O3. The number of nitrogens with zero attached hydrogens (tertiary/aromatic N) is 4. The summed E-state index contributed by atoms with van der Waals surface area (Å²) in [6, 6.07) is 4.25. The Morgan fingerprint density at radius 3 is 3.03 bits per heavy atom. The van der Waals surface area contributed by atoms with Crippen LogP contribution in [0.1, 0.15) is 49.4 Å². The lowest BCUT2D eigenvalue weighted by Gasteiger charge is -2.12. The number of hydrogen-bond donors (Lipinski definition) is 3. The molecule has 10 heteroatoms. The maximum absolute atomic E-state index is 11.9. The number of anilines is 2. The molecule has 1 unspecified atom stereocenters. The van der Waals surface area contributed by atoms with Gasteiger partial charge in [0.15, 0.2) is 11.6 Å². The van der Waals surface area contributed by atoms with Crippen molar-refractivity contribution in [2.45, 2.75) is 56.8 Å². The van der Waals surface area contributed by atoms with Crippen molar-refractivity contribution in [1.82, 2.24) is 30.1 Å². The fourth-order valence-electron chi connectivity index (χ4n) is 3.93. The molecule has 2 aliphatic carbocycles. The molecule has 2 fully saturated rings. The number of nitrogens with one attached hydrogen (secondary N) is 3. The molecule has 30 heavy (non-hydrogen) atoms. The van der Waals surface area contributed by atoms with Crippen LogP contribution in [0, 0.1) is 0 Å². The maximum Gasteiger partial charge on any atom is 0.407 e. The van der Waals surface area contributed by atoms with E-state index in [1.165, 1.54) is 0 Å². The van der Waals surface area contributed by atoms with Gasteiger partial charge in [-0.3, -0.25) is 5.10 Å². The minimum Gasteiger partial charge on any atom is -0.446 e. The van der Waals surface area contributed by atoms with Crippen molar-refractivity contribution in [3.8, 4) is 0 Å². The summed E-state index contributed by atoms with van der Waals surface area (Å²) in [5, 5.41) is 18.1. The number of methoxy groups -OCH3 is 1. The predicted molar refractivity (Wildman–Crippen MR) is 109 cm³/mol. The molecular weight excluding hydrogens is 386 g/mol. The van der Waals surface area contributed by atoms with Crippen LogP contribution in [0.3, 0.4) is 0 Å². The number of H-pyrrole nitrogens is 1. The Kier molecular flexibility index (Phi) is 4.99. The number of carbonyl (C=O) groups is 1. The van der Waals surface area contributed by atoms with Gasteiger partial charge in [0.05, 0.1) is 12.3 Å². The number of aromatic nitrogens is 5. The van der Waals surface area contributed by atoms with E-state index >= 15 is 0 Å². The molecule has 0 radical (unpaired) electrons. The summed E-state index contributed by atoms with van der Waals surface area (Å²) >= 11 is 0. The van der Waals surface area contributed by atoms with Crippen LogP contribution in [0.5, 0.6) is 0 Å². The molecule has 2 atom stereocenters. The Hall–Kier alpha value is -3.14. The molecule has 2 aliphatic rings. The first-order valence-corrected chi connectivity index (χ1v) is 10.3. The molecule has 158 valence electrons. The minimum atomic E-state index is -0.289. The molecule has 3 aromatic heterocycles. The van der Waals surface area contributed by atoms with Crippen molar-refractivity contribution >= 4 is 23.2 Å². The number of amides is 1. The van der Waals surface area contributed by atoms with Crippen molar-refractivity contribution in [3.05, 3.63) is 35.9 Å². The van der Waals surface area contributed by atoms with Gasteiger partial charge in [0, 0.05) is 43.2 Å². The highest BCUT2D eigenvalue weighted by atomic mass is 16.6. The van der Waals surface area contributed by atoms with Crippen molar-refractivity contribution in [1.29, 1.82) is 0 Å². The molecule has 0 bridgehead atoms. The monoisotopic (exact) mass is 411 g/mol. The lowest BCUT2D eigenvalue weighted by atomic mass is 10.0. The molecule has 1 amide bonds. The van der Waals surface area contributed by atoms with Crippen LogP contribution in [0.4, 0.5) is 16.4 Å². The predicted octanol–water partition coefficient (Wildman–Crippen LogP) is 2.87. The summed E-state index contributed by atoms with van der Waals surface area (Å²) in [6.45, 7) is 0.442. The van der Waals surface area contributed by atoms with Crippen molar-refractivity contribution in [2.24, 2.45) is 0 Å². The van der Waals surface area contributed by atoms with Gasteiger partial charge in [-0.05, 0) is 38.2 Å². The molecule has 10 nitrogen and oxygen atoms in total. The fraction of sp³-hybridized carbons (Fsp3) is 0.500. The number of rotatable bonds is 7. The Morgan fingerprint density at radius 1 is 1.30 bits per heavy atom. The first-order chi connectivity index (χ1) is 14.7. The van der Waals surface area contributed by atoms with E-state index in [1.54, 1.807) is 24.0 Å². The Labute approximate surface area is 173 Å². The van der Waals surface area contributed by atoms with Crippen LogP contribution in [0.25, 0.3) is 5.52 Å². The number of hydrogen-bond acceptors (Lipinski definition) is 7. The van der Waals surface area contributed by atoms with E-state index in [9.17, 15) is 4.79 Å². The van der Waals surface area contributed by atoms with Crippen LogP contribution in [-0.2, 0) is 16.1 Å². The Bertz CT molecular complexity index is 1040. The highest BCUT2D eigenvalue weighted by molar-refractivity contribution is 5.72. The molecule has 0 saturated heterocycles. The second-order valence-electron chi connectivity index (χ2n) is 7.96. The minimum absolute atomic E-state index is 0.0464. The second-order valence-corrected chi connectivity index (χ2v) is 7.96. The number of aromatic amines is 1. The second kappa shape index (κ2) is 7.94. The summed E-state index contributed by atoms with van der Waals surface area (Å²) in [5.41, 5.74) is 2.72. The van der Waals surface area contributed by atoms with Crippen LogP contribution in [0.15, 0.2) is 24.5 Å². The van der Waals surface area contributed by atoms with Crippen molar-refractivity contribution in [2.75, 3.05) is 12.4 Å². The van der Waals surface area contributed by atoms with Crippen molar-refractivity contribution in [3.63, 3.8) is 0 Å². The highest BCUT2D eigenvalue weighted by Crippen LogP contribution is 2.36. The van der Waals surface area contributed by atoms with Crippen LogP contribution in [0.2, 0.25) is 0 Å². The molecule has 3 heterocycles. The summed E-state index contributed by atoms with van der Waals surface area (Å²) < 4.78 is 12.5. The van der Waals surface area contributed by atoms with E-state index in [2.05, 4.69) is 30.9 Å². The fourth-order valence-corrected chi connectivity index (χ4v) is 3.93. The van der Waals surface area contributed by atoms with Gasteiger partial charge >= 0.3 is 6.09 Å². The molecule has 0 spiro atoms.